The molecule has 2 rings (SSSR count). The zero-order valence-corrected chi connectivity index (χ0v) is 12.2. The molecule has 1 N–H and O–H groups in total. The summed E-state index contributed by atoms with van der Waals surface area (Å²) in [4.78, 5) is 25.9. The van der Waals surface area contributed by atoms with Gasteiger partial charge in [-0.25, -0.2) is 8.78 Å². The van der Waals surface area contributed by atoms with Crippen molar-refractivity contribution in [3.05, 3.63) is 35.4 Å². The standard InChI is InChI=1S/C15H18F2N2O2/c1-4-15(3)14(21)18-9(2)13(20)19(15)8-10-5-11(16)7-12(17)6-10/h5-7,9H,4,8H2,1-3H3,(H,18,21). The molecule has 4 nitrogen and oxygen atoms in total. The van der Waals surface area contributed by atoms with Crippen LogP contribution in [0, 0.1) is 11.6 Å². The molecule has 0 aliphatic carbocycles. The summed E-state index contributed by atoms with van der Waals surface area (Å²) in [7, 11) is 0. The lowest BCUT2D eigenvalue weighted by molar-refractivity contribution is -0.157. The Balaban J connectivity index is 2.37. The number of piperazine rings is 1. The highest BCUT2D eigenvalue weighted by molar-refractivity contribution is 5.99. The molecule has 0 aromatic heterocycles. The molecule has 114 valence electrons. The number of nitrogens with zero attached hydrogens (tertiary/aromatic N) is 1. The van der Waals surface area contributed by atoms with Gasteiger partial charge in [0.25, 0.3) is 0 Å². The minimum absolute atomic E-state index is 0.00435. The predicted octanol–water partition coefficient (Wildman–Crippen LogP) is 1.98. The second kappa shape index (κ2) is 5.42. The molecule has 0 bridgehead atoms. The Morgan fingerprint density at radius 1 is 1.24 bits per heavy atom. The molecule has 1 heterocycles. The summed E-state index contributed by atoms with van der Waals surface area (Å²) in [6.07, 6.45) is 0.412. The molecule has 0 radical (unpaired) electrons. The van der Waals surface area contributed by atoms with Crippen LogP contribution in [-0.2, 0) is 16.1 Å². The van der Waals surface area contributed by atoms with E-state index in [0.29, 0.717) is 12.0 Å². The smallest absolute Gasteiger partial charge is 0.246 e. The van der Waals surface area contributed by atoms with Crippen LogP contribution in [0.4, 0.5) is 8.78 Å². The number of halogens is 2. The van der Waals surface area contributed by atoms with E-state index in [4.69, 9.17) is 0 Å². The van der Waals surface area contributed by atoms with Gasteiger partial charge in [0, 0.05) is 12.6 Å². The fraction of sp³-hybridized carbons (Fsp3) is 0.467. The van der Waals surface area contributed by atoms with E-state index in [1.165, 1.54) is 17.0 Å². The van der Waals surface area contributed by atoms with E-state index in [1.54, 1.807) is 20.8 Å². The van der Waals surface area contributed by atoms with E-state index >= 15 is 0 Å². The molecule has 1 aliphatic rings. The normalized spacial score (nSPS) is 26.0. The Morgan fingerprint density at radius 2 is 1.81 bits per heavy atom. The van der Waals surface area contributed by atoms with E-state index in [0.717, 1.165) is 6.07 Å². The highest BCUT2D eigenvalue weighted by atomic mass is 19.1. The maximum Gasteiger partial charge on any atom is 0.246 e. The molecule has 2 unspecified atom stereocenters. The maximum atomic E-state index is 13.3. The second-order valence-corrected chi connectivity index (χ2v) is 5.52. The van der Waals surface area contributed by atoms with Crippen LogP contribution < -0.4 is 5.32 Å². The van der Waals surface area contributed by atoms with Gasteiger partial charge in [0.1, 0.15) is 23.2 Å². The van der Waals surface area contributed by atoms with Gasteiger partial charge >= 0.3 is 0 Å². The van der Waals surface area contributed by atoms with Crippen molar-refractivity contribution in [2.75, 3.05) is 0 Å². The molecule has 2 atom stereocenters. The molecule has 6 heteroatoms. The molecular weight excluding hydrogens is 278 g/mol. The Morgan fingerprint density at radius 3 is 2.33 bits per heavy atom. The Kier molecular flexibility index (Phi) is 3.98. The Hall–Kier alpha value is -1.98. The number of hydrogen-bond acceptors (Lipinski definition) is 2. The van der Waals surface area contributed by atoms with Crippen LogP contribution in [0.3, 0.4) is 0 Å². The van der Waals surface area contributed by atoms with Crippen LogP contribution in [0.1, 0.15) is 32.8 Å². The van der Waals surface area contributed by atoms with Crippen molar-refractivity contribution in [3.8, 4) is 0 Å². The largest absolute Gasteiger partial charge is 0.343 e. The number of hydrogen-bond donors (Lipinski definition) is 1. The van der Waals surface area contributed by atoms with E-state index < -0.39 is 23.2 Å². The summed E-state index contributed by atoms with van der Waals surface area (Å²) in [6.45, 7) is 5.04. The van der Waals surface area contributed by atoms with Crippen LogP contribution in [0.25, 0.3) is 0 Å². The molecule has 1 aromatic rings. The SMILES string of the molecule is CCC1(C)C(=O)NC(C)C(=O)N1Cc1cc(F)cc(F)c1. The predicted molar refractivity (Wildman–Crippen MR) is 73.2 cm³/mol. The first-order valence-electron chi connectivity index (χ1n) is 6.85. The summed E-state index contributed by atoms with van der Waals surface area (Å²) in [5, 5.41) is 2.63. The fourth-order valence-electron chi connectivity index (χ4n) is 2.50. The molecule has 1 aliphatic heterocycles. The number of amides is 2. The lowest BCUT2D eigenvalue weighted by atomic mass is 9.90. The van der Waals surface area contributed by atoms with E-state index in [-0.39, 0.29) is 18.4 Å². The molecule has 1 aromatic carbocycles. The fourth-order valence-corrected chi connectivity index (χ4v) is 2.50. The molecule has 21 heavy (non-hydrogen) atoms. The molecule has 0 spiro atoms. The Bertz CT molecular complexity index is 571. The second-order valence-electron chi connectivity index (χ2n) is 5.52. The van der Waals surface area contributed by atoms with Crippen LogP contribution in [0.5, 0.6) is 0 Å². The third kappa shape index (κ3) is 2.75. The highest BCUT2D eigenvalue weighted by Gasteiger charge is 2.46. The van der Waals surface area contributed by atoms with Crippen molar-refractivity contribution < 1.29 is 18.4 Å². The first-order chi connectivity index (χ1) is 9.77. The van der Waals surface area contributed by atoms with Gasteiger partial charge < -0.3 is 10.2 Å². The van der Waals surface area contributed by atoms with Crippen molar-refractivity contribution in [1.29, 1.82) is 0 Å². The third-order valence-corrected chi connectivity index (χ3v) is 4.02. The third-order valence-electron chi connectivity index (χ3n) is 4.02. The van der Waals surface area contributed by atoms with Crippen molar-refractivity contribution in [1.82, 2.24) is 10.2 Å². The quantitative estimate of drug-likeness (QED) is 0.927. The van der Waals surface area contributed by atoms with Crippen molar-refractivity contribution in [2.24, 2.45) is 0 Å². The summed E-state index contributed by atoms with van der Waals surface area (Å²) in [6, 6.07) is 2.47. The average molecular weight is 296 g/mol. The lowest BCUT2D eigenvalue weighted by Crippen LogP contribution is -2.68. The lowest BCUT2D eigenvalue weighted by Gasteiger charge is -2.45. The van der Waals surface area contributed by atoms with Gasteiger partial charge in [-0.2, -0.15) is 0 Å². The van der Waals surface area contributed by atoms with E-state index in [9.17, 15) is 18.4 Å². The van der Waals surface area contributed by atoms with Crippen LogP contribution in [0.2, 0.25) is 0 Å². The zero-order valence-electron chi connectivity index (χ0n) is 12.2. The van der Waals surface area contributed by atoms with Gasteiger partial charge in [0.15, 0.2) is 0 Å². The van der Waals surface area contributed by atoms with Gasteiger partial charge in [-0.05, 0) is 38.0 Å². The summed E-state index contributed by atoms with van der Waals surface area (Å²) >= 11 is 0. The van der Waals surface area contributed by atoms with Gasteiger partial charge in [0.2, 0.25) is 11.8 Å². The van der Waals surface area contributed by atoms with Crippen molar-refractivity contribution >= 4 is 11.8 Å². The molecule has 1 fully saturated rings. The van der Waals surface area contributed by atoms with Crippen LogP contribution in [-0.4, -0.2) is 28.3 Å². The van der Waals surface area contributed by atoms with Crippen molar-refractivity contribution in [2.45, 2.75) is 45.3 Å². The number of carbonyl (C=O) groups is 2. The average Bonchev–Trinajstić information content (AvgIpc) is 2.40. The summed E-state index contributed by atoms with van der Waals surface area (Å²) in [5.74, 6) is -1.92. The number of carbonyl (C=O) groups excluding carboxylic acids is 2. The van der Waals surface area contributed by atoms with Gasteiger partial charge in [-0.1, -0.05) is 6.92 Å². The topological polar surface area (TPSA) is 49.4 Å². The van der Waals surface area contributed by atoms with E-state index in [1.807, 2.05) is 0 Å². The van der Waals surface area contributed by atoms with E-state index in [2.05, 4.69) is 5.32 Å². The molecule has 1 saturated heterocycles. The summed E-state index contributed by atoms with van der Waals surface area (Å²) in [5.41, 5.74) is -0.700. The van der Waals surface area contributed by atoms with Crippen molar-refractivity contribution in [3.63, 3.8) is 0 Å². The Labute approximate surface area is 122 Å². The highest BCUT2D eigenvalue weighted by Crippen LogP contribution is 2.27. The van der Waals surface area contributed by atoms with Gasteiger partial charge in [-0.15, -0.1) is 0 Å². The molecule has 2 amide bonds. The minimum Gasteiger partial charge on any atom is -0.343 e. The molecular formula is C15H18F2N2O2. The number of benzene rings is 1. The minimum atomic E-state index is -1.02. The van der Waals surface area contributed by atoms with Gasteiger partial charge in [-0.3, -0.25) is 9.59 Å². The molecule has 0 saturated carbocycles. The van der Waals surface area contributed by atoms with Gasteiger partial charge in [0.05, 0.1) is 0 Å². The first kappa shape index (κ1) is 15.4. The monoisotopic (exact) mass is 296 g/mol. The summed E-state index contributed by atoms with van der Waals surface area (Å²) < 4.78 is 26.6. The first-order valence-corrected chi connectivity index (χ1v) is 6.85. The zero-order chi connectivity index (χ0) is 15.8. The number of nitrogens with one attached hydrogen (secondary N) is 1. The maximum absolute atomic E-state index is 13.3. The van der Waals surface area contributed by atoms with Crippen LogP contribution >= 0.6 is 0 Å². The van der Waals surface area contributed by atoms with Crippen LogP contribution in [0.15, 0.2) is 18.2 Å². The number of rotatable bonds is 3.